The predicted molar refractivity (Wildman–Crippen MR) is 59.7 cm³/mol. The highest BCUT2D eigenvalue weighted by Crippen LogP contribution is 2.25. The molecule has 2 rings (SSSR count). The maximum Gasteiger partial charge on any atom is 0.338 e. The average molecular weight is 201 g/mol. The molecule has 0 spiro atoms. The molecule has 3 heteroatoms. The molecule has 0 saturated heterocycles. The maximum absolute atomic E-state index is 11.5. The molecule has 0 atom stereocenters. The third-order valence-corrected chi connectivity index (χ3v) is 2.34. The molecule has 0 fully saturated rings. The number of fused-ring (bicyclic) bond motifs is 1. The van der Waals surface area contributed by atoms with Gasteiger partial charge < -0.3 is 10.5 Å². The summed E-state index contributed by atoms with van der Waals surface area (Å²) in [5.74, 6) is -0.363. The van der Waals surface area contributed by atoms with E-state index in [1.165, 1.54) is 7.11 Å². The fourth-order valence-electron chi connectivity index (χ4n) is 1.65. The molecule has 0 aromatic heterocycles. The highest BCUT2D eigenvalue weighted by atomic mass is 16.5. The van der Waals surface area contributed by atoms with Crippen LogP contribution in [0.15, 0.2) is 36.4 Å². The van der Waals surface area contributed by atoms with Gasteiger partial charge in [-0.05, 0) is 17.5 Å². The Kier molecular flexibility index (Phi) is 2.29. The van der Waals surface area contributed by atoms with Crippen LogP contribution in [0.3, 0.4) is 0 Å². The van der Waals surface area contributed by atoms with Gasteiger partial charge in [-0.25, -0.2) is 4.79 Å². The standard InChI is InChI=1S/C12H11NO2/c1-15-12(14)9-6-2-4-8-5-3-7-10(13)11(8)9/h2-7H,13H2,1H3. The lowest BCUT2D eigenvalue weighted by molar-refractivity contribution is 0.0603. The predicted octanol–water partition coefficient (Wildman–Crippen LogP) is 2.21. The zero-order valence-electron chi connectivity index (χ0n) is 8.36. The third kappa shape index (κ3) is 1.52. The van der Waals surface area contributed by atoms with Gasteiger partial charge in [0.05, 0.1) is 12.7 Å². The first kappa shape index (κ1) is 9.52. The number of carbonyl (C=O) groups excluding carboxylic acids is 1. The Hall–Kier alpha value is -2.03. The molecule has 0 bridgehead atoms. The van der Waals surface area contributed by atoms with Gasteiger partial charge in [-0.15, -0.1) is 0 Å². The number of nitrogen functional groups attached to an aromatic ring is 1. The van der Waals surface area contributed by atoms with Gasteiger partial charge in [0.15, 0.2) is 0 Å². The average Bonchev–Trinajstić information content (AvgIpc) is 2.28. The maximum atomic E-state index is 11.5. The molecule has 0 aliphatic carbocycles. The summed E-state index contributed by atoms with van der Waals surface area (Å²) in [6, 6.07) is 11.0. The van der Waals surface area contributed by atoms with Crippen LogP contribution in [-0.2, 0) is 4.74 Å². The lowest BCUT2D eigenvalue weighted by atomic mass is 10.0. The number of hydrogen-bond acceptors (Lipinski definition) is 3. The molecule has 0 amide bonds. The summed E-state index contributed by atoms with van der Waals surface area (Å²) in [4.78, 5) is 11.5. The van der Waals surface area contributed by atoms with Gasteiger partial charge in [-0.1, -0.05) is 24.3 Å². The van der Waals surface area contributed by atoms with E-state index in [4.69, 9.17) is 10.5 Å². The van der Waals surface area contributed by atoms with Crippen LogP contribution in [-0.4, -0.2) is 13.1 Å². The molecular weight excluding hydrogens is 190 g/mol. The Bertz CT molecular complexity index is 515. The van der Waals surface area contributed by atoms with Crippen molar-refractivity contribution in [2.45, 2.75) is 0 Å². The first-order chi connectivity index (χ1) is 7.24. The van der Waals surface area contributed by atoms with Crippen molar-refractivity contribution in [2.24, 2.45) is 0 Å². The van der Waals surface area contributed by atoms with Crippen molar-refractivity contribution in [3.63, 3.8) is 0 Å². The van der Waals surface area contributed by atoms with Crippen LogP contribution in [0.2, 0.25) is 0 Å². The SMILES string of the molecule is COC(=O)c1cccc2cccc(N)c12. The Labute approximate surface area is 87.5 Å². The highest BCUT2D eigenvalue weighted by Gasteiger charge is 2.11. The summed E-state index contributed by atoms with van der Waals surface area (Å²) in [5, 5.41) is 1.70. The Morgan fingerprint density at radius 2 is 1.87 bits per heavy atom. The number of anilines is 1. The molecule has 2 aromatic carbocycles. The molecule has 2 N–H and O–H groups in total. The van der Waals surface area contributed by atoms with E-state index in [0.717, 1.165) is 10.8 Å². The lowest BCUT2D eigenvalue weighted by Crippen LogP contribution is -2.03. The largest absolute Gasteiger partial charge is 0.465 e. The second kappa shape index (κ2) is 3.61. The van der Waals surface area contributed by atoms with Crippen molar-refractivity contribution >= 4 is 22.4 Å². The van der Waals surface area contributed by atoms with Crippen LogP contribution in [0.5, 0.6) is 0 Å². The van der Waals surface area contributed by atoms with Gasteiger partial charge in [0.1, 0.15) is 0 Å². The summed E-state index contributed by atoms with van der Waals surface area (Å²) in [5.41, 5.74) is 6.94. The number of carbonyl (C=O) groups is 1. The second-order valence-corrected chi connectivity index (χ2v) is 3.24. The monoisotopic (exact) mass is 201 g/mol. The van der Waals surface area contributed by atoms with E-state index in [2.05, 4.69) is 0 Å². The van der Waals surface area contributed by atoms with E-state index in [1.54, 1.807) is 12.1 Å². The second-order valence-electron chi connectivity index (χ2n) is 3.24. The number of nitrogens with two attached hydrogens (primary N) is 1. The Morgan fingerprint density at radius 1 is 1.20 bits per heavy atom. The Balaban J connectivity index is 2.80. The minimum atomic E-state index is -0.363. The zero-order chi connectivity index (χ0) is 10.8. The molecule has 0 heterocycles. The van der Waals surface area contributed by atoms with Gasteiger partial charge in [-0.2, -0.15) is 0 Å². The van der Waals surface area contributed by atoms with E-state index in [-0.39, 0.29) is 5.97 Å². The van der Waals surface area contributed by atoms with E-state index < -0.39 is 0 Å². The van der Waals surface area contributed by atoms with Crippen molar-refractivity contribution in [1.82, 2.24) is 0 Å². The number of methoxy groups -OCH3 is 1. The zero-order valence-corrected chi connectivity index (χ0v) is 8.36. The van der Waals surface area contributed by atoms with Gasteiger partial charge in [0.2, 0.25) is 0 Å². The number of esters is 1. The van der Waals surface area contributed by atoms with E-state index >= 15 is 0 Å². The van der Waals surface area contributed by atoms with Crippen molar-refractivity contribution in [2.75, 3.05) is 12.8 Å². The van der Waals surface area contributed by atoms with Gasteiger partial charge in [0.25, 0.3) is 0 Å². The molecule has 0 radical (unpaired) electrons. The molecule has 76 valence electrons. The van der Waals surface area contributed by atoms with Crippen LogP contribution in [0, 0.1) is 0 Å². The summed E-state index contributed by atoms with van der Waals surface area (Å²) < 4.78 is 4.70. The smallest absolute Gasteiger partial charge is 0.338 e. The first-order valence-corrected chi connectivity index (χ1v) is 4.59. The summed E-state index contributed by atoms with van der Waals surface area (Å²) in [6.45, 7) is 0. The van der Waals surface area contributed by atoms with Crippen molar-refractivity contribution in [3.05, 3.63) is 42.0 Å². The molecule has 0 aliphatic rings. The minimum absolute atomic E-state index is 0.363. The highest BCUT2D eigenvalue weighted by molar-refractivity contribution is 6.09. The fraction of sp³-hybridized carbons (Fsp3) is 0.0833. The third-order valence-electron chi connectivity index (χ3n) is 2.34. The Morgan fingerprint density at radius 3 is 2.53 bits per heavy atom. The van der Waals surface area contributed by atoms with Crippen molar-refractivity contribution in [3.8, 4) is 0 Å². The van der Waals surface area contributed by atoms with E-state index in [9.17, 15) is 4.79 Å². The summed E-state index contributed by atoms with van der Waals surface area (Å²) in [7, 11) is 1.36. The number of benzene rings is 2. The summed E-state index contributed by atoms with van der Waals surface area (Å²) >= 11 is 0. The molecule has 3 nitrogen and oxygen atoms in total. The topological polar surface area (TPSA) is 52.3 Å². The molecule has 0 aliphatic heterocycles. The van der Waals surface area contributed by atoms with Crippen LogP contribution in [0.4, 0.5) is 5.69 Å². The van der Waals surface area contributed by atoms with Crippen molar-refractivity contribution < 1.29 is 9.53 Å². The quantitative estimate of drug-likeness (QED) is 0.568. The fourth-order valence-corrected chi connectivity index (χ4v) is 1.65. The molecule has 0 unspecified atom stereocenters. The minimum Gasteiger partial charge on any atom is -0.465 e. The van der Waals surface area contributed by atoms with Crippen LogP contribution >= 0.6 is 0 Å². The summed E-state index contributed by atoms with van der Waals surface area (Å²) in [6.07, 6.45) is 0. The van der Waals surface area contributed by atoms with Crippen LogP contribution in [0.1, 0.15) is 10.4 Å². The van der Waals surface area contributed by atoms with Crippen LogP contribution in [0.25, 0.3) is 10.8 Å². The number of rotatable bonds is 1. The van der Waals surface area contributed by atoms with Gasteiger partial charge >= 0.3 is 5.97 Å². The molecule has 15 heavy (non-hydrogen) atoms. The lowest BCUT2D eigenvalue weighted by Gasteiger charge is -2.06. The van der Waals surface area contributed by atoms with Crippen LogP contribution < -0.4 is 5.73 Å². The normalized spacial score (nSPS) is 10.2. The van der Waals surface area contributed by atoms with E-state index in [0.29, 0.717) is 11.3 Å². The number of ether oxygens (including phenoxy) is 1. The van der Waals surface area contributed by atoms with Gasteiger partial charge in [-0.3, -0.25) is 0 Å². The van der Waals surface area contributed by atoms with E-state index in [1.807, 2.05) is 24.3 Å². The molecule has 2 aromatic rings. The van der Waals surface area contributed by atoms with Crippen molar-refractivity contribution in [1.29, 1.82) is 0 Å². The number of hydrogen-bond donors (Lipinski definition) is 1. The molecule has 0 saturated carbocycles. The molecular formula is C12H11NO2. The van der Waals surface area contributed by atoms with Gasteiger partial charge in [0, 0.05) is 11.1 Å². The first-order valence-electron chi connectivity index (χ1n) is 4.59.